The third-order valence-corrected chi connectivity index (χ3v) is 3.63. The fourth-order valence-corrected chi connectivity index (χ4v) is 2.61. The Labute approximate surface area is 116 Å². The van der Waals surface area contributed by atoms with Crippen molar-refractivity contribution in [3.63, 3.8) is 0 Å². The zero-order valence-corrected chi connectivity index (χ0v) is 12.0. The van der Waals surface area contributed by atoms with E-state index in [0.717, 1.165) is 0 Å². The van der Waals surface area contributed by atoms with Crippen molar-refractivity contribution in [3.8, 4) is 6.19 Å². The van der Waals surface area contributed by atoms with Crippen LogP contribution in [-0.2, 0) is 0 Å². The first-order chi connectivity index (χ1) is 7.58. The van der Waals surface area contributed by atoms with Gasteiger partial charge in [0.15, 0.2) is 5.17 Å². The van der Waals surface area contributed by atoms with Crippen molar-refractivity contribution in [2.75, 3.05) is 10.2 Å². The van der Waals surface area contributed by atoms with Crippen LogP contribution in [0.25, 0.3) is 0 Å². The van der Waals surface area contributed by atoms with Gasteiger partial charge >= 0.3 is 0 Å². The monoisotopic (exact) mass is 337 g/mol. The lowest BCUT2D eigenvalue weighted by Crippen LogP contribution is -2.16. The molecule has 0 saturated heterocycles. The molecule has 0 fully saturated rings. The van der Waals surface area contributed by atoms with E-state index >= 15 is 0 Å². The first kappa shape index (κ1) is 13.7. The summed E-state index contributed by atoms with van der Waals surface area (Å²) in [5, 5.41) is 10.1. The quantitative estimate of drug-likeness (QED) is 0.331. The number of amidine groups is 1. The van der Waals surface area contributed by atoms with Crippen molar-refractivity contribution < 1.29 is 0 Å². The normalized spacial score (nSPS) is 11.1. The van der Waals surface area contributed by atoms with Gasteiger partial charge < -0.3 is 0 Å². The molecule has 0 saturated carbocycles. The highest BCUT2D eigenvalue weighted by Gasteiger charge is 2.11. The molecule has 0 amide bonds. The van der Waals surface area contributed by atoms with Crippen LogP contribution in [0.1, 0.15) is 0 Å². The molecule has 16 heavy (non-hydrogen) atoms. The number of nitrogens with zero attached hydrogens (tertiary/aromatic N) is 3. The lowest BCUT2D eigenvalue weighted by Gasteiger charge is -2.16. The molecule has 0 aliphatic heterocycles. The Morgan fingerprint density at radius 1 is 1.44 bits per heavy atom. The minimum Gasteiger partial charge on any atom is -0.254 e. The molecule has 0 spiro atoms. The van der Waals surface area contributed by atoms with E-state index in [2.05, 4.69) is 21.1 Å². The number of hydrogen-bond donors (Lipinski definition) is 0. The Bertz CT molecular complexity index is 438. The number of anilines is 1. The molecule has 0 unspecified atom stereocenters. The number of nitriles is 1. The molecule has 0 atom stereocenters. The molecular formula is C9H6BrCl2N3S. The van der Waals surface area contributed by atoms with Crippen LogP contribution in [0.15, 0.2) is 23.2 Å². The zero-order valence-electron chi connectivity index (χ0n) is 8.12. The van der Waals surface area contributed by atoms with Gasteiger partial charge in [-0.3, -0.25) is 3.93 Å². The minimum absolute atomic E-state index is 0.501. The maximum atomic E-state index is 8.52. The van der Waals surface area contributed by atoms with E-state index in [4.69, 9.17) is 28.5 Å². The fraction of sp³-hybridized carbons (Fsp3) is 0.111. The highest BCUT2D eigenvalue weighted by atomic mass is 79.9. The summed E-state index contributed by atoms with van der Waals surface area (Å²) in [5.74, 6) is 0. The topological polar surface area (TPSA) is 39.4 Å². The molecule has 3 nitrogen and oxygen atoms in total. The van der Waals surface area contributed by atoms with Gasteiger partial charge in [-0.25, -0.2) is 0 Å². The average molecular weight is 339 g/mol. The summed E-state index contributed by atoms with van der Waals surface area (Å²) in [5.41, 5.74) is 0.709. The second-order valence-electron chi connectivity index (χ2n) is 2.61. The van der Waals surface area contributed by atoms with Gasteiger partial charge in [-0.2, -0.15) is 5.26 Å². The second kappa shape index (κ2) is 6.36. The van der Waals surface area contributed by atoms with Crippen molar-refractivity contribution in [3.05, 3.63) is 28.2 Å². The van der Waals surface area contributed by atoms with Crippen molar-refractivity contribution in [1.29, 1.82) is 5.26 Å². The van der Waals surface area contributed by atoms with Gasteiger partial charge in [0.05, 0.1) is 21.8 Å². The Balaban J connectivity index is 3.09. The van der Waals surface area contributed by atoms with E-state index in [1.165, 1.54) is 11.8 Å². The summed E-state index contributed by atoms with van der Waals surface area (Å²) in [7, 11) is 0. The van der Waals surface area contributed by atoms with E-state index in [0.29, 0.717) is 20.9 Å². The smallest absolute Gasteiger partial charge is 0.208 e. The molecule has 0 radical (unpaired) electrons. The van der Waals surface area contributed by atoms with Crippen molar-refractivity contribution in [1.82, 2.24) is 0 Å². The van der Waals surface area contributed by atoms with Crippen LogP contribution in [0.3, 0.4) is 0 Å². The minimum atomic E-state index is 0.501. The van der Waals surface area contributed by atoms with Crippen LogP contribution in [0, 0.1) is 11.5 Å². The third-order valence-electron chi connectivity index (χ3n) is 1.57. The Morgan fingerprint density at radius 3 is 2.44 bits per heavy atom. The molecule has 84 valence electrons. The zero-order chi connectivity index (χ0) is 12.1. The van der Waals surface area contributed by atoms with E-state index in [1.54, 1.807) is 28.3 Å². The standard InChI is InChI=1S/C9H6BrCl2N3S/c1-16-9(14-5-13)15(10)8-3-6(11)2-7(12)4-8/h2-4H,1H3. The van der Waals surface area contributed by atoms with E-state index in [9.17, 15) is 0 Å². The summed E-state index contributed by atoms with van der Waals surface area (Å²) in [6, 6.07) is 5.06. The predicted molar refractivity (Wildman–Crippen MR) is 74.4 cm³/mol. The van der Waals surface area contributed by atoms with E-state index < -0.39 is 0 Å². The third kappa shape index (κ3) is 3.56. The highest BCUT2D eigenvalue weighted by molar-refractivity contribution is 9.10. The van der Waals surface area contributed by atoms with Gasteiger partial charge in [0, 0.05) is 10.0 Å². The first-order valence-corrected chi connectivity index (χ1v) is 6.70. The number of rotatable bonds is 1. The molecule has 0 aromatic heterocycles. The lowest BCUT2D eigenvalue weighted by atomic mass is 10.3. The number of halogens is 3. The average Bonchev–Trinajstić information content (AvgIpc) is 2.23. The number of aliphatic imine (C=N–C) groups is 1. The van der Waals surface area contributed by atoms with Crippen LogP contribution in [-0.4, -0.2) is 11.4 Å². The number of thioether (sulfide) groups is 1. The Kier molecular flexibility index (Phi) is 5.42. The van der Waals surface area contributed by atoms with Gasteiger partial charge in [-0.15, -0.1) is 4.99 Å². The van der Waals surface area contributed by atoms with Crippen LogP contribution in [0.2, 0.25) is 10.0 Å². The van der Waals surface area contributed by atoms with Crippen LogP contribution in [0.4, 0.5) is 5.69 Å². The molecule has 0 bridgehead atoms. The molecule has 1 aromatic carbocycles. The molecule has 7 heteroatoms. The predicted octanol–water partition coefficient (Wildman–Crippen LogP) is 4.31. The molecule has 1 rings (SSSR count). The number of hydrogen-bond acceptors (Lipinski definition) is 3. The summed E-state index contributed by atoms with van der Waals surface area (Å²) >= 11 is 16.4. The van der Waals surface area contributed by atoms with Crippen molar-refractivity contribution in [2.24, 2.45) is 4.99 Å². The number of benzene rings is 1. The summed E-state index contributed by atoms with van der Waals surface area (Å²) in [6.07, 6.45) is 3.54. The van der Waals surface area contributed by atoms with Crippen molar-refractivity contribution in [2.45, 2.75) is 0 Å². The van der Waals surface area contributed by atoms with E-state index in [-0.39, 0.29) is 0 Å². The highest BCUT2D eigenvalue weighted by Crippen LogP contribution is 2.29. The molecule has 0 aliphatic carbocycles. The lowest BCUT2D eigenvalue weighted by molar-refractivity contribution is 1.43. The van der Waals surface area contributed by atoms with Crippen LogP contribution < -0.4 is 3.93 Å². The summed E-state index contributed by atoms with van der Waals surface area (Å²) in [4.78, 5) is 3.66. The molecule has 0 aliphatic rings. The largest absolute Gasteiger partial charge is 0.254 e. The van der Waals surface area contributed by atoms with Gasteiger partial charge in [0.2, 0.25) is 6.19 Å². The summed E-state index contributed by atoms with van der Waals surface area (Å²) < 4.78 is 1.57. The fourth-order valence-electron chi connectivity index (χ4n) is 0.976. The maximum Gasteiger partial charge on any atom is 0.208 e. The maximum absolute atomic E-state index is 8.52. The van der Waals surface area contributed by atoms with Gasteiger partial charge in [-0.05, 0) is 24.5 Å². The van der Waals surface area contributed by atoms with Gasteiger partial charge in [0.25, 0.3) is 0 Å². The Morgan fingerprint density at radius 2 is 2.00 bits per heavy atom. The molecule has 0 heterocycles. The molecule has 1 aromatic rings. The van der Waals surface area contributed by atoms with Gasteiger partial charge in [-0.1, -0.05) is 35.0 Å². The van der Waals surface area contributed by atoms with Crippen LogP contribution in [0.5, 0.6) is 0 Å². The molecular weight excluding hydrogens is 333 g/mol. The second-order valence-corrected chi connectivity index (χ2v) is 4.96. The van der Waals surface area contributed by atoms with E-state index in [1.807, 2.05) is 6.26 Å². The summed E-state index contributed by atoms with van der Waals surface area (Å²) in [6.45, 7) is 0. The van der Waals surface area contributed by atoms with Crippen LogP contribution >= 0.6 is 51.1 Å². The Hall–Kier alpha value is -0.410. The SMILES string of the molecule is CSC(=NC#N)N(Br)c1cc(Cl)cc(Cl)c1. The van der Waals surface area contributed by atoms with Crippen molar-refractivity contribution >= 4 is 62.0 Å². The first-order valence-electron chi connectivity index (χ1n) is 4.01. The van der Waals surface area contributed by atoms with Gasteiger partial charge in [0.1, 0.15) is 0 Å². The molecule has 0 N–H and O–H groups in total.